The molecule has 0 amide bonds. The standard InChI is InChI=1S/C14H32N2O3/c1-14(2,3)13(15)12(11-17)16(8-10-19-5)7-6-9-18-4/h12-13,17H,6-11,15H2,1-5H3. The molecule has 19 heavy (non-hydrogen) atoms. The smallest absolute Gasteiger partial charge is 0.0602 e. The summed E-state index contributed by atoms with van der Waals surface area (Å²) in [4.78, 5) is 2.21. The van der Waals surface area contributed by atoms with Crippen molar-refractivity contribution in [1.82, 2.24) is 4.90 Å². The highest BCUT2D eigenvalue weighted by Gasteiger charge is 2.32. The van der Waals surface area contributed by atoms with Gasteiger partial charge in [0.15, 0.2) is 0 Å². The molecule has 0 aliphatic rings. The lowest BCUT2D eigenvalue weighted by Crippen LogP contribution is -2.56. The zero-order chi connectivity index (χ0) is 14.9. The van der Waals surface area contributed by atoms with Gasteiger partial charge in [0.05, 0.1) is 13.2 Å². The van der Waals surface area contributed by atoms with E-state index in [1.807, 2.05) is 0 Å². The molecule has 0 heterocycles. The predicted molar refractivity (Wildman–Crippen MR) is 78.2 cm³/mol. The van der Waals surface area contributed by atoms with Crippen LogP contribution in [0.1, 0.15) is 27.2 Å². The first-order valence-electron chi connectivity index (χ1n) is 6.96. The number of nitrogens with zero attached hydrogens (tertiary/aromatic N) is 1. The van der Waals surface area contributed by atoms with Crippen LogP contribution in [0, 0.1) is 5.41 Å². The van der Waals surface area contributed by atoms with E-state index >= 15 is 0 Å². The van der Waals surface area contributed by atoms with Gasteiger partial charge in [-0.1, -0.05) is 20.8 Å². The molecule has 0 aromatic heterocycles. The van der Waals surface area contributed by atoms with Crippen molar-refractivity contribution in [3.63, 3.8) is 0 Å². The average Bonchev–Trinajstić information content (AvgIpc) is 2.34. The minimum absolute atomic E-state index is 0.0417. The number of ether oxygens (including phenoxy) is 2. The van der Waals surface area contributed by atoms with E-state index in [4.69, 9.17) is 15.2 Å². The number of methoxy groups -OCH3 is 2. The molecule has 0 rings (SSSR count). The highest BCUT2D eigenvalue weighted by Crippen LogP contribution is 2.22. The number of hydrogen-bond acceptors (Lipinski definition) is 5. The lowest BCUT2D eigenvalue weighted by molar-refractivity contribution is 0.0444. The van der Waals surface area contributed by atoms with Crippen molar-refractivity contribution in [3.8, 4) is 0 Å². The van der Waals surface area contributed by atoms with E-state index in [2.05, 4.69) is 25.7 Å². The van der Waals surface area contributed by atoms with Gasteiger partial charge in [0.25, 0.3) is 0 Å². The predicted octanol–water partition coefficient (Wildman–Crippen LogP) is 0.706. The molecule has 3 N–H and O–H groups in total. The summed E-state index contributed by atoms with van der Waals surface area (Å²) in [6.45, 7) is 9.35. The van der Waals surface area contributed by atoms with E-state index < -0.39 is 0 Å². The van der Waals surface area contributed by atoms with E-state index in [0.29, 0.717) is 13.2 Å². The van der Waals surface area contributed by atoms with Crippen LogP contribution in [0.25, 0.3) is 0 Å². The zero-order valence-corrected chi connectivity index (χ0v) is 13.2. The Morgan fingerprint density at radius 1 is 1.11 bits per heavy atom. The Kier molecular flexibility index (Phi) is 9.56. The van der Waals surface area contributed by atoms with Crippen molar-refractivity contribution in [3.05, 3.63) is 0 Å². The Bertz CT molecular complexity index is 219. The van der Waals surface area contributed by atoms with Gasteiger partial charge >= 0.3 is 0 Å². The quantitative estimate of drug-likeness (QED) is 0.575. The topological polar surface area (TPSA) is 68.0 Å². The third kappa shape index (κ3) is 7.22. The van der Waals surface area contributed by atoms with Crippen LogP contribution in [0.4, 0.5) is 0 Å². The molecule has 0 aliphatic heterocycles. The van der Waals surface area contributed by atoms with Crippen LogP contribution in [-0.2, 0) is 9.47 Å². The fourth-order valence-corrected chi connectivity index (χ4v) is 2.10. The molecule has 0 radical (unpaired) electrons. The molecule has 116 valence electrons. The second kappa shape index (κ2) is 9.66. The van der Waals surface area contributed by atoms with Crippen molar-refractivity contribution in [2.75, 3.05) is 47.1 Å². The summed E-state index contributed by atoms with van der Waals surface area (Å²) in [6, 6.07) is -0.135. The summed E-state index contributed by atoms with van der Waals surface area (Å²) >= 11 is 0. The van der Waals surface area contributed by atoms with Crippen LogP contribution in [0.5, 0.6) is 0 Å². The normalized spacial score (nSPS) is 15.8. The molecule has 0 saturated heterocycles. The van der Waals surface area contributed by atoms with Crippen LogP contribution in [-0.4, -0.2) is 69.2 Å². The maximum absolute atomic E-state index is 9.69. The van der Waals surface area contributed by atoms with E-state index in [-0.39, 0.29) is 24.1 Å². The highest BCUT2D eigenvalue weighted by molar-refractivity contribution is 4.89. The number of rotatable bonds is 10. The van der Waals surface area contributed by atoms with Gasteiger partial charge < -0.3 is 20.3 Å². The molecule has 2 atom stereocenters. The maximum atomic E-state index is 9.69. The first kappa shape index (κ1) is 18.8. The average molecular weight is 276 g/mol. The summed E-state index contributed by atoms with van der Waals surface area (Å²) in [5.74, 6) is 0. The molecule has 5 nitrogen and oxygen atoms in total. The van der Waals surface area contributed by atoms with Crippen molar-refractivity contribution in [2.24, 2.45) is 11.1 Å². The summed E-state index contributed by atoms with van der Waals surface area (Å²) in [7, 11) is 3.38. The minimum atomic E-state index is -0.0862. The molecular weight excluding hydrogens is 244 g/mol. The number of aliphatic hydroxyl groups excluding tert-OH is 1. The second-order valence-electron chi connectivity index (χ2n) is 6.02. The Hall–Kier alpha value is -0.200. The van der Waals surface area contributed by atoms with Gasteiger partial charge in [0, 0.05) is 46.0 Å². The van der Waals surface area contributed by atoms with E-state index in [9.17, 15) is 5.11 Å². The molecule has 0 saturated carbocycles. The van der Waals surface area contributed by atoms with E-state index in [0.717, 1.165) is 19.5 Å². The fourth-order valence-electron chi connectivity index (χ4n) is 2.10. The number of aliphatic hydroxyl groups is 1. The SMILES string of the molecule is COCCCN(CCOC)C(CO)C(N)C(C)(C)C. The molecule has 0 aromatic rings. The van der Waals surface area contributed by atoms with Gasteiger partial charge in [-0.2, -0.15) is 0 Å². The summed E-state index contributed by atoms with van der Waals surface area (Å²) in [5, 5.41) is 9.69. The van der Waals surface area contributed by atoms with Crippen LogP contribution in [0.3, 0.4) is 0 Å². The molecule has 2 unspecified atom stereocenters. The molecular formula is C14H32N2O3. The van der Waals surface area contributed by atoms with Crippen molar-refractivity contribution in [2.45, 2.75) is 39.3 Å². The molecule has 0 bridgehead atoms. The zero-order valence-electron chi connectivity index (χ0n) is 13.2. The van der Waals surface area contributed by atoms with Crippen molar-refractivity contribution >= 4 is 0 Å². The van der Waals surface area contributed by atoms with Gasteiger partial charge in [-0.3, -0.25) is 4.90 Å². The highest BCUT2D eigenvalue weighted by atomic mass is 16.5. The number of nitrogens with two attached hydrogens (primary N) is 1. The summed E-state index contributed by atoms with van der Waals surface area (Å²) in [6.07, 6.45) is 0.924. The minimum Gasteiger partial charge on any atom is -0.395 e. The lowest BCUT2D eigenvalue weighted by atomic mass is 9.82. The molecule has 0 aliphatic carbocycles. The third-order valence-corrected chi connectivity index (χ3v) is 3.45. The maximum Gasteiger partial charge on any atom is 0.0602 e. The van der Waals surface area contributed by atoms with Crippen LogP contribution in [0.15, 0.2) is 0 Å². The monoisotopic (exact) mass is 276 g/mol. The Morgan fingerprint density at radius 3 is 2.11 bits per heavy atom. The molecule has 0 aromatic carbocycles. The van der Waals surface area contributed by atoms with Crippen molar-refractivity contribution in [1.29, 1.82) is 0 Å². The van der Waals surface area contributed by atoms with Crippen LogP contribution >= 0.6 is 0 Å². The van der Waals surface area contributed by atoms with E-state index in [1.54, 1.807) is 14.2 Å². The lowest BCUT2D eigenvalue weighted by Gasteiger charge is -2.40. The number of hydrogen-bond donors (Lipinski definition) is 2. The van der Waals surface area contributed by atoms with E-state index in [1.165, 1.54) is 0 Å². The largest absolute Gasteiger partial charge is 0.395 e. The summed E-state index contributed by atoms with van der Waals surface area (Å²) < 4.78 is 10.2. The Labute approximate surface area is 118 Å². The summed E-state index contributed by atoms with van der Waals surface area (Å²) in [5.41, 5.74) is 6.27. The van der Waals surface area contributed by atoms with Gasteiger partial charge in [-0.05, 0) is 11.8 Å². The molecule has 0 spiro atoms. The first-order valence-corrected chi connectivity index (χ1v) is 6.96. The van der Waals surface area contributed by atoms with Crippen LogP contribution < -0.4 is 5.73 Å². The van der Waals surface area contributed by atoms with Crippen LogP contribution in [0.2, 0.25) is 0 Å². The molecule has 0 fully saturated rings. The first-order chi connectivity index (χ1) is 8.88. The third-order valence-electron chi connectivity index (χ3n) is 3.45. The molecule has 5 heteroatoms. The van der Waals surface area contributed by atoms with Gasteiger partial charge in [-0.15, -0.1) is 0 Å². The van der Waals surface area contributed by atoms with Crippen molar-refractivity contribution < 1.29 is 14.6 Å². The Morgan fingerprint density at radius 2 is 1.68 bits per heavy atom. The second-order valence-corrected chi connectivity index (χ2v) is 6.02. The van der Waals surface area contributed by atoms with Gasteiger partial charge in [-0.25, -0.2) is 0 Å². The Balaban J connectivity index is 4.65. The van der Waals surface area contributed by atoms with Gasteiger partial charge in [0.1, 0.15) is 0 Å². The fraction of sp³-hybridized carbons (Fsp3) is 1.00. The van der Waals surface area contributed by atoms with Gasteiger partial charge in [0.2, 0.25) is 0 Å².